The molecule has 2 heterocycles. The molecular formula is C22H34IN7O. The molecule has 1 unspecified atom stereocenters. The van der Waals surface area contributed by atoms with Gasteiger partial charge in [-0.2, -0.15) is 0 Å². The first-order valence-electron chi connectivity index (χ1n) is 10.5. The number of halogens is 1. The Hall–Kier alpha value is -2.14. The third-order valence-corrected chi connectivity index (χ3v) is 5.52. The summed E-state index contributed by atoms with van der Waals surface area (Å²) in [5, 5.41) is 15.1. The normalized spacial score (nSPS) is 15.3. The van der Waals surface area contributed by atoms with E-state index in [0.717, 1.165) is 43.0 Å². The van der Waals surface area contributed by atoms with E-state index in [1.807, 2.05) is 36.7 Å². The Labute approximate surface area is 202 Å². The maximum atomic E-state index is 5.65. The Morgan fingerprint density at radius 3 is 2.65 bits per heavy atom. The molecule has 0 amide bonds. The number of rotatable bonds is 9. The largest absolute Gasteiger partial charge is 0.496 e. The summed E-state index contributed by atoms with van der Waals surface area (Å²) in [7, 11) is 3.68. The summed E-state index contributed by atoms with van der Waals surface area (Å²) < 4.78 is 7.60. The molecule has 1 aliphatic heterocycles. The van der Waals surface area contributed by atoms with Crippen LogP contribution in [0.5, 0.6) is 5.75 Å². The van der Waals surface area contributed by atoms with Crippen molar-refractivity contribution in [3.63, 3.8) is 0 Å². The van der Waals surface area contributed by atoms with Crippen molar-refractivity contribution in [2.45, 2.75) is 32.4 Å². The van der Waals surface area contributed by atoms with Crippen molar-refractivity contribution in [2.75, 3.05) is 33.3 Å². The van der Waals surface area contributed by atoms with Crippen LogP contribution >= 0.6 is 24.0 Å². The number of aliphatic imine (C=N–C) groups is 1. The fourth-order valence-electron chi connectivity index (χ4n) is 3.71. The molecule has 3 rings (SSSR count). The summed E-state index contributed by atoms with van der Waals surface area (Å²) in [6.07, 6.45) is 4.28. The van der Waals surface area contributed by atoms with E-state index in [0.29, 0.717) is 13.1 Å². The summed E-state index contributed by atoms with van der Waals surface area (Å²) in [5.41, 5.74) is 1.20. The molecule has 2 aromatic rings. The van der Waals surface area contributed by atoms with Gasteiger partial charge < -0.3 is 19.9 Å². The molecular weight excluding hydrogens is 505 g/mol. The van der Waals surface area contributed by atoms with Crippen LogP contribution < -0.4 is 15.4 Å². The molecule has 1 saturated heterocycles. The number of likely N-dealkylation sites (tertiary alicyclic amines) is 1. The lowest BCUT2D eigenvalue weighted by Gasteiger charge is -2.30. The first-order chi connectivity index (χ1) is 14.6. The quantitative estimate of drug-likeness (QED) is 0.221. The highest BCUT2D eigenvalue weighted by molar-refractivity contribution is 14.0. The average Bonchev–Trinajstić information content (AvgIpc) is 3.41. The number of methoxy groups -OCH3 is 1. The SMILES string of the molecule is C=CCNC(=NCc1nnc(C)n1C)NCC(c1ccccc1OC)N1CCCC1.I. The molecule has 0 saturated carbocycles. The molecule has 170 valence electrons. The van der Waals surface area contributed by atoms with E-state index in [2.05, 4.69) is 44.4 Å². The first kappa shape index (κ1) is 25.1. The van der Waals surface area contributed by atoms with E-state index in [9.17, 15) is 0 Å². The van der Waals surface area contributed by atoms with E-state index in [1.165, 1.54) is 18.4 Å². The minimum Gasteiger partial charge on any atom is -0.496 e. The predicted octanol–water partition coefficient (Wildman–Crippen LogP) is 2.81. The smallest absolute Gasteiger partial charge is 0.192 e. The highest BCUT2D eigenvalue weighted by Crippen LogP contribution is 2.31. The monoisotopic (exact) mass is 539 g/mol. The summed E-state index contributed by atoms with van der Waals surface area (Å²) in [6, 6.07) is 8.47. The number of benzene rings is 1. The Balaban J connectivity index is 0.00000341. The summed E-state index contributed by atoms with van der Waals surface area (Å²) in [6.45, 7) is 9.73. The molecule has 0 bridgehead atoms. The van der Waals surface area contributed by atoms with Gasteiger partial charge in [0.1, 0.15) is 18.1 Å². The maximum Gasteiger partial charge on any atom is 0.192 e. The lowest BCUT2D eigenvalue weighted by Crippen LogP contribution is -2.43. The highest BCUT2D eigenvalue weighted by atomic mass is 127. The Kier molecular flexibility index (Phi) is 10.3. The summed E-state index contributed by atoms with van der Waals surface area (Å²) in [5.74, 6) is 3.35. The molecule has 1 aliphatic rings. The standard InChI is InChI=1S/C22H33N7O.HI/c1-5-12-23-22(25-16-21-27-26-17(2)28(21)3)24-15-19(29-13-8-9-14-29)18-10-6-7-11-20(18)30-4;/h5-7,10-11,19H,1,8-9,12-16H2,2-4H3,(H2,23,24,25);1H. The van der Waals surface area contributed by atoms with Gasteiger partial charge in [0.05, 0.1) is 13.2 Å². The van der Waals surface area contributed by atoms with E-state index in [4.69, 9.17) is 9.73 Å². The van der Waals surface area contributed by atoms with Crippen molar-refractivity contribution < 1.29 is 4.74 Å². The van der Waals surface area contributed by atoms with E-state index in [1.54, 1.807) is 7.11 Å². The van der Waals surface area contributed by atoms with Gasteiger partial charge in [0.25, 0.3) is 0 Å². The number of aromatic nitrogens is 3. The second kappa shape index (κ2) is 12.7. The van der Waals surface area contributed by atoms with Gasteiger partial charge in [-0.3, -0.25) is 4.90 Å². The van der Waals surface area contributed by atoms with E-state index in [-0.39, 0.29) is 30.0 Å². The molecule has 0 radical (unpaired) electrons. The molecule has 0 spiro atoms. The molecule has 1 fully saturated rings. The lowest BCUT2D eigenvalue weighted by atomic mass is 10.0. The van der Waals surface area contributed by atoms with Crippen LogP contribution in [-0.2, 0) is 13.6 Å². The molecule has 0 aliphatic carbocycles. The molecule has 1 aromatic heterocycles. The average molecular weight is 539 g/mol. The number of hydrogen-bond donors (Lipinski definition) is 2. The van der Waals surface area contributed by atoms with E-state index >= 15 is 0 Å². The second-order valence-electron chi connectivity index (χ2n) is 7.44. The molecule has 9 heteroatoms. The van der Waals surface area contributed by atoms with Crippen LogP contribution in [0.15, 0.2) is 41.9 Å². The van der Waals surface area contributed by atoms with Crippen LogP contribution in [0.2, 0.25) is 0 Å². The van der Waals surface area contributed by atoms with E-state index < -0.39 is 0 Å². The topological polar surface area (TPSA) is 79.6 Å². The molecule has 31 heavy (non-hydrogen) atoms. The Morgan fingerprint density at radius 1 is 1.26 bits per heavy atom. The zero-order chi connectivity index (χ0) is 21.3. The van der Waals surface area contributed by atoms with Gasteiger partial charge >= 0.3 is 0 Å². The van der Waals surface area contributed by atoms with Gasteiger partial charge in [0, 0.05) is 25.7 Å². The van der Waals surface area contributed by atoms with Crippen LogP contribution in [-0.4, -0.2) is 58.9 Å². The van der Waals surface area contributed by atoms with Crippen LogP contribution in [0, 0.1) is 6.92 Å². The highest BCUT2D eigenvalue weighted by Gasteiger charge is 2.26. The number of guanidine groups is 1. The fourth-order valence-corrected chi connectivity index (χ4v) is 3.71. The number of ether oxygens (including phenoxy) is 1. The zero-order valence-corrected chi connectivity index (χ0v) is 21.0. The number of para-hydroxylation sites is 1. The van der Waals surface area contributed by atoms with Gasteiger partial charge in [0.15, 0.2) is 11.8 Å². The third-order valence-electron chi connectivity index (χ3n) is 5.52. The molecule has 1 aromatic carbocycles. The first-order valence-corrected chi connectivity index (χ1v) is 10.5. The summed E-state index contributed by atoms with van der Waals surface area (Å²) >= 11 is 0. The number of nitrogens with zero attached hydrogens (tertiary/aromatic N) is 5. The van der Waals surface area contributed by atoms with Crippen LogP contribution in [0.3, 0.4) is 0 Å². The van der Waals surface area contributed by atoms with Crippen molar-refractivity contribution in [2.24, 2.45) is 12.0 Å². The van der Waals surface area contributed by atoms with Crippen molar-refractivity contribution in [3.8, 4) is 5.75 Å². The van der Waals surface area contributed by atoms with Crippen molar-refractivity contribution in [1.82, 2.24) is 30.3 Å². The van der Waals surface area contributed by atoms with Gasteiger partial charge in [-0.25, -0.2) is 4.99 Å². The van der Waals surface area contributed by atoms with Crippen molar-refractivity contribution in [3.05, 3.63) is 54.1 Å². The van der Waals surface area contributed by atoms with Crippen molar-refractivity contribution in [1.29, 1.82) is 0 Å². The lowest BCUT2D eigenvalue weighted by molar-refractivity contribution is 0.239. The number of aryl methyl sites for hydroxylation is 1. The minimum absolute atomic E-state index is 0. The van der Waals surface area contributed by atoms with Crippen LogP contribution in [0.4, 0.5) is 0 Å². The second-order valence-corrected chi connectivity index (χ2v) is 7.44. The zero-order valence-electron chi connectivity index (χ0n) is 18.7. The number of nitrogens with one attached hydrogen (secondary N) is 2. The predicted molar refractivity (Wildman–Crippen MR) is 135 cm³/mol. The van der Waals surface area contributed by atoms with Crippen molar-refractivity contribution >= 4 is 29.9 Å². The van der Waals surface area contributed by atoms with Gasteiger partial charge in [-0.15, -0.1) is 40.8 Å². The third kappa shape index (κ3) is 6.67. The van der Waals surface area contributed by atoms with Crippen LogP contribution in [0.1, 0.15) is 36.1 Å². The number of hydrogen-bond acceptors (Lipinski definition) is 5. The molecule has 8 nitrogen and oxygen atoms in total. The molecule has 1 atom stereocenters. The van der Waals surface area contributed by atoms with Gasteiger partial charge in [0.2, 0.25) is 0 Å². The minimum atomic E-state index is 0. The summed E-state index contributed by atoms with van der Waals surface area (Å²) in [4.78, 5) is 7.23. The molecule has 2 N–H and O–H groups in total. The maximum absolute atomic E-state index is 5.65. The van der Waals surface area contributed by atoms with Gasteiger partial charge in [-0.1, -0.05) is 24.3 Å². The fraction of sp³-hybridized carbons (Fsp3) is 0.500. The Morgan fingerprint density at radius 2 is 2.00 bits per heavy atom. The van der Waals surface area contributed by atoms with Gasteiger partial charge in [-0.05, 0) is 38.9 Å². The van der Waals surface area contributed by atoms with Crippen LogP contribution in [0.25, 0.3) is 0 Å². The Bertz CT molecular complexity index is 861.